The lowest BCUT2D eigenvalue weighted by molar-refractivity contribution is 0.210. The van der Waals surface area contributed by atoms with E-state index in [0.717, 1.165) is 17.6 Å². The van der Waals surface area contributed by atoms with Gasteiger partial charge in [0.1, 0.15) is 5.75 Å². The van der Waals surface area contributed by atoms with Crippen LogP contribution < -0.4 is 10.1 Å². The van der Waals surface area contributed by atoms with Crippen LogP contribution in [-0.4, -0.2) is 12.1 Å². The molecule has 3 unspecified atom stereocenters. The van der Waals surface area contributed by atoms with E-state index in [1.54, 1.807) is 0 Å². The molecule has 2 aliphatic rings. The Hall–Kier alpha value is -1.18. The Morgan fingerprint density at radius 1 is 0.905 bits per heavy atom. The summed E-state index contributed by atoms with van der Waals surface area (Å²) in [6.45, 7) is 4.77. The van der Waals surface area contributed by atoms with Crippen LogP contribution in [0.15, 0.2) is 24.3 Å². The van der Waals surface area contributed by atoms with Crippen molar-refractivity contribution in [3.05, 3.63) is 24.3 Å². The lowest BCUT2D eigenvalue weighted by Crippen LogP contribution is -2.34. The molecule has 2 saturated carbocycles. The van der Waals surface area contributed by atoms with Crippen LogP contribution in [0.3, 0.4) is 0 Å². The topological polar surface area (TPSA) is 21.3 Å². The molecule has 21 heavy (non-hydrogen) atoms. The third-order valence-corrected chi connectivity index (χ3v) is 5.52. The summed E-state index contributed by atoms with van der Waals surface area (Å²) in [5.41, 5.74) is 1.24. The zero-order valence-electron chi connectivity index (χ0n) is 13.5. The summed E-state index contributed by atoms with van der Waals surface area (Å²) < 4.78 is 6.03. The van der Waals surface area contributed by atoms with E-state index < -0.39 is 0 Å². The van der Waals surface area contributed by atoms with Crippen LogP contribution in [0.25, 0.3) is 0 Å². The Morgan fingerprint density at radius 2 is 1.62 bits per heavy atom. The Morgan fingerprint density at radius 3 is 2.33 bits per heavy atom. The van der Waals surface area contributed by atoms with Crippen molar-refractivity contribution < 1.29 is 4.74 Å². The maximum atomic E-state index is 6.03. The fraction of sp³-hybridized carbons (Fsp3) is 0.684. The van der Waals surface area contributed by atoms with Gasteiger partial charge in [-0.2, -0.15) is 0 Å². The Labute approximate surface area is 129 Å². The predicted molar refractivity (Wildman–Crippen MR) is 88.9 cm³/mol. The SMILES string of the molecule is CC1CCCC(Nc2ccc(OC3CCCC3)cc2)C1C. The van der Waals surface area contributed by atoms with Crippen LogP contribution in [0, 0.1) is 11.8 Å². The standard InChI is InChI=1S/C19H29NO/c1-14-6-5-9-19(15(14)2)20-16-10-12-18(13-11-16)21-17-7-3-4-8-17/h10-15,17,19-20H,3-9H2,1-2H3. The van der Waals surface area contributed by atoms with Gasteiger partial charge in [-0.15, -0.1) is 0 Å². The van der Waals surface area contributed by atoms with Gasteiger partial charge in [0.15, 0.2) is 0 Å². The highest BCUT2D eigenvalue weighted by Crippen LogP contribution is 2.32. The number of anilines is 1. The second-order valence-electron chi connectivity index (χ2n) is 7.07. The fourth-order valence-electron chi connectivity index (χ4n) is 3.83. The van der Waals surface area contributed by atoms with Gasteiger partial charge in [0.05, 0.1) is 6.10 Å². The van der Waals surface area contributed by atoms with Crippen LogP contribution in [0.4, 0.5) is 5.69 Å². The van der Waals surface area contributed by atoms with Crippen molar-refractivity contribution in [2.75, 3.05) is 5.32 Å². The number of nitrogens with one attached hydrogen (secondary N) is 1. The zero-order chi connectivity index (χ0) is 14.7. The summed E-state index contributed by atoms with van der Waals surface area (Å²) in [6.07, 6.45) is 9.56. The quantitative estimate of drug-likeness (QED) is 0.817. The monoisotopic (exact) mass is 287 g/mol. The molecule has 0 aromatic heterocycles. The van der Waals surface area contributed by atoms with E-state index in [1.165, 1.54) is 50.6 Å². The van der Waals surface area contributed by atoms with Crippen molar-refractivity contribution in [2.45, 2.75) is 70.9 Å². The van der Waals surface area contributed by atoms with E-state index in [-0.39, 0.29) is 0 Å². The molecule has 1 N–H and O–H groups in total. The minimum absolute atomic E-state index is 0.447. The Bertz CT molecular complexity index is 435. The third kappa shape index (κ3) is 3.72. The predicted octanol–water partition coefficient (Wildman–Crippen LogP) is 5.24. The van der Waals surface area contributed by atoms with Crippen molar-refractivity contribution in [1.29, 1.82) is 0 Å². The lowest BCUT2D eigenvalue weighted by Gasteiger charge is -2.35. The molecule has 1 aromatic carbocycles. The average Bonchev–Trinajstić information content (AvgIpc) is 2.99. The lowest BCUT2D eigenvalue weighted by atomic mass is 9.78. The highest BCUT2D eigenvalue weighted by molar-refractivity contribution is 5.47. The van der Waals surface area contributed by atoms with E-state index in [9.17, 15) is 0 Å². The molecule has 0 amide bonds. The summed E-state index contributed by atoms with van der Waals surface area (Å²) in [4.78, 5) is 0. The molecule has 2 aliphatic carbocycles. The normalized spacial score (nSPS) is 30.3. The summed E-state index contributed by atoms with van der Waals surface area (Å²) in [5.74, 6) is 2.62. The molecule has 0 spiro atoms. The van der Waals surface area contributed by atoms with Gasteiger partial charge < -0.3 is 10.1 Å². The molecule has 0 radical (unpaired) electrons. The van der Waals surface area contributed by atoms with Crippen LogP contribution in [0.1, 0.15) is 58.8 Å². The molecule has 3 atom stereocenters. The van der Waals surface area contributed by atoms with Gasteiger partial charge in [0, 0.05) is 11.7 Å². The van der Waals surface area contributed by atoms with Gasteiger partial charge in [-0.3, -0.25) is 0 Å². The molecule has 0 bridgehead atoms. The van der Waals surface area contributed by atoms with Crippen LogP contribution >= 0.6 is 0 Å². The number of ether oxygens (including phenoxy) is 1. The maximum absolute atomic E-state index is 6.03. The van der Waals surface area contributed by atoms with Gasteiger partial charge in [-0.1, -0.05) is 26.7 Å². The minimum atomic E-state index is 0.447. The highest BCUT2D eigenvalue weighted by atomic mass is 16.5. The smallest absolute Gasteiger partial charge is 0.119 e. The summed E-state index contributed by atoms with van der Waals surface area (Å²) in [7, 11) is 0. The first-order chi connectivity index (χ1) is 10.2. The average molecular weight is 287 g/mol. The molecule has 2 nitrogen and oxygen atoms in total. The molecule has 0 heterocycles. The second-order valence-corrected chi connectivity index (χ2v) is 7.07. The van der Waals surface area contributed by atoms with E-state index in [0.29, 0.717) is 12.1 Å². The van der Waals surface area contributed by atoms with E-state index in [4.69, 9.17) is 4.74 Å². The molecule has 0 saturated heterocycles. The molecule has 1 aromatic rings. The number of hydrogen-bond donors (Lipinski definition) is 1. The number of benzene rings is 1. The summed E-state index contributed by atoms with van der Waals surface area (Å²) in [5, 5.41) is 3.73. The van der Waals surface area contributed by atoms with Gasteiger partial charge in [-0.25, -0.2) is 0 Å². The van der Waals surface area contributed by atoms with Crippen molar-refractivity contribution in [1.82, 2.24) is 0 Å². The molecule has 116 valence electrons. The third-order valence-electron chi connectivity index (χ3n) is 5.52. The first-order valence-corrected chi connectivity index (χ1v) is 8.75. The zero-order valence-corrected chi connectivity index (χ0v) is 13.5. The molecule has 2 heteroatoms. The van der Waals surface area contributed by atoms with Gasteiger partial charge in [0.25, 0.3) is 0 Å². The molecule has 0 aliphatic heterocycles. The molecular formula is C19H29NO. The van der Waals surface area contributed by atoms with Crippen molar-refractivity contribution in [2.24, 2.45) is 11.8 Å². The van der Waals surface area contributed by atoms with Gasteiger partial charge in [0.2, 0.25) is 0 Å². The van der Waals surface area contributed by atoms with Crippen LogP contribution in [0.5, 0.6) is 5.75 Å². The van der Waals surface area contributed by atoms with Crippen LogP contribution in [0.2, 0.25) is 0 Å². The van der Waals surface area contributed by atoms with Gasteiger partial charge >= 0.3 is 0 Å². The van der Waals surface area contributed by atoms with Crippen molar-refractivity contribution in [3.8, 4) is 5.75 Å². The largest absolute Gasteiger partial charge is 0.490 e. The maximum Gasteiger partial charge on any atom is 0.119 e. The Balaban J connectivity index is 1.56. The Kier molecular flexibility index (Phi) is 4.72. The number of rotatable bonds is 4. The first-order valence-electron chi connectivity index (χ1n) is 8.75. The first kappa shape index (κ1) is 14.7. The van der Waals surface area contributed by atoms with Crippen molar-refractivity contribution >= 4 is 5.69 Å². The minimum Gasteiger partial charge on any atom is -0.490 e. The van der Waals surface area contributed by atoms with E-state index >= 15 is 0 Å². The van der Waals surface area contributed by atoms with E-state index in [1.807, 2.05) is 0 Å². The number of hydrogen-bond acceptors (Lipinski definition) is 2. The second kappa shape index (κ2) is 6.72. The fourth-order valence-corrected chi connectivity index (χ4v) is 3.83. The summed E-state index contributed by atoms with van der Waals surface area (Å²) >= 11 is 0. The van der Waals surface area contributed by atoms with E-state index in [2.05, 4.69) is 43.4 Å². The van der Waals surface area contributed by atoms with Crippen molar-refractivity contribution in [3.63, 3.8) is 0 Å². The molecule has 3 rings (SSSR count). The van der Waals surface area contributed by atoms with Gasteiger partial charge in [-0.05, 0) is 68.2 Å². The molecule has 2 fully saturated rings. The van der Waals surface area contributed by atoms with Crippen LogP contribution in [-0.2, 0) is 0 Å². The summed E-state index contributed by atoms with van der Waals surface area (Å²) in [6, 6.07) is 9.22. The molecular weight excluding hydrogens is 258 g/mol. The highest BCUT2D eigenvalue weighted by Gasteiger charge is 2.26.